The van der Waals surface area contributed by atoms with Crippen molar-refractivity contribution in [3.63, 3.8) is 0 Å². The van der Waals surface area contributed by atoms with Crippen LogP contribution in [-0.2, 0) is 6.54 Å². The fraction of sp³-hybridized carbons (Fsp3) is 0.421. The smallest absolute Gasteiger partial charge is 0.191 e. The lowest BCUT2D eigenvalue weighted by Gasteiger charge is -2.28. The van der Waals surface area contributed by atoms with Gasteiger partial charge in [0, 0.05) is 13.1 Å². The van der Waals surface area contributed by atoms with Gasteiger partial charge < -0.3 is 4.90 Å². The van der Waals surface area contributed by atoms with Gasteiger partial charge in [-0.25, -0.2) is 14.6 Å². The summed E-state index contributed by atoms with van der Waals surface area (Å²) in [5.74, 6) is 1.01. The van der Waals surface area contributed by atoms with Crippen molar-refractivity contribution in [1.82, 2.24) is 19.7 Å². The Balaban J connectivity index is 1.70. The van der Waals surface area contributed by atoms with Crippen LogP contribution in [0.3, 0.4) is 0 Å². The molecule has 4 rings (SSSR count). The van der Waals surface area contributed by atoms with Gasteiger partial charge in [-0.3, -0.25) is 0 Å². The standard InChI is InChI=1S/C19H22ClN5S/c1-26-19-22-17(24-10-6-3-7-11-24)15-12-21-25(18(15)23-19)13-16(20)14-8-4-2-5-9-14/h2,4-5,8-9,12,16H,3,6-7,10-11,13H2,1H3/t16-/m0/s1. The maximum absolute atomic E-state index is 6.64. The maximum Gasteiger partial charge on any atom is 0.191 e. The van der Waals surface area contributed by atoms with Crippen LogP contribution < -0.4 is 4.90 Å². The summed E-state index contributed by atoms with van der Waals surface area (Å²) in [7, 11) is 0. The van der Waals surface area contributed by atoms with Crippen molar-refractivity contribution >= 4 is 40.2 Å². The number of anilines is 1. The highest BCUT2D eigenvalue weighted by Crippen LogP contribution is 2.30. The van der Waals surface area contributed by atoms with Gasteiger partial charge in [0.25, 0.3) is 0 Å². The van der Waals surface area contributed by atoms with E-state index in [2.05, 4.69) is 10.00 Å². The van der Waals surface area contributed by atoms with Gasteiger partial charge >= 0.3 is 0 Å². The minimum absolute atomic E-state index is 0.148. The monoisotopic (exact) mass is 387 g/mol. The van der Waals surface area contributed by atoms with Gasteiger partial charge in [-0.15, -0.1) is 11.6 Å². The Kier molecular flexibility index (Phi) is 5.31. The van der Waals surface area contributed by atoms with E-state index in [4.69, 9.17) is 21.6 Å². The predicted molar refractivity (Wildman–Crippen MR) is 108 cm³/mol. The van der Waals surface area contributed by atoms with E-state index in [1.54, 1.807) is 11.8 Å². The predicted octanol–water partition coefficient (Wildman–Crippen LogP) is 4.52. The molecule has 0 unspecified atom stereocenters. The molecule has 0 N–H and O–H groups in total. The average molecular weight is 388 g/mol. The summed E-state index contributed by atoms with van der Waals surface area (Å²) in [6.45, 7) is 2.68. The second-order valence-electron chi connectivity index (χ2n) is 6.52. The second-order valence-corrected chi connectivity index (χ2v) is 7.82. The van der Waals surface area contributed by atoms with E-state index in [0.29, 0.717) is 6.54 Å². The van der Waals surface area contributed by atoms with Crippen molar-refractivity contribution in [3.05, 3.63) is 42.1 Å². The van der Waals surface area contributed by atoms with Crippen molar-refractivity contribution in [2.45, 2.75) is 36.3 Å². The highest BCUT2D eigenvalue weighted by atomic mass is 35.5. The number of piperidine rings is 1. The zero-order valence-electron chi connectivity index (χ0n) is 14.8. The van der Waals surface area contributed by atoms with Crippen LogP contribution >= 0.6 is 23.4 Å². The van der Waals surface area contributed by atoms with Crippen molar-refractivity contribution < 1.29 is 0 Å². The summed E-state index contributed by atoms with van der Waals surface area (Å²) in [5.41, 5.74) is 1.96. The van der Waals surface area contributed by atoms with Crippen LogP contribution in [0.1, 0.15) is 30.2 Å². The van der Waals surface area contributed by atoms with E-state index >= 15 is 0 Å². The van der Waals surface area contributed by atoms with Gasteiger partial charge in [-0.2, -0.15) is 5.10 Å². The number of hydrogen-bond donors (Lipinski definition) is 0. The Morgan fingerprint density at radius 2 is 1.88 bits per heavy atom. The van der Waals surface area contributed by atoms with Gasteiger partial charge in [0.1, 0.15) is 5.82 Å². The molecule has 2 aromatic heterocycles. The number of aromatic nitrogens is 4. The molecule has 1 aliphatic heterocycles. The lowest BCUT2D eigenvalue weighted by Crippen LogP contribution is -2.30. The topological polar surface area (TPSA) is 46.8 Å². The van der Waals surface area contributed by atoms with Crippen LogP contribution in [0, 0.1) is 0 Å². The van der Waals surface area contributed by atoms with Gasteiger partial charge in [0.15, 0.2) is 10.8 Å². The molecule has 0 aliphatic carbocycles. The van der Waals surface area contributed by atoms with E-state index in [1.165, 1.54) is 19.3 Å². The lowest BCUT2D eigenvalue weighted by atomic mass is 10.1. The fourth-order valence-electron chi connectivity index (χ4n) is 3.41. The van der Waals surface area contributed by atoms with Gasteiger partial charge in [0.2, 0.25) is 0 Å². The zero-order chi connectivity index (χ0) is 17.9. The fourth-order valence-corrected chi connectivity index (χ4v) is 4.04. The van der Waals surface area contributed by atoms with E-state index in [0.717, 1.165) is 40.7 Å². The molecule has 5 nitrogen and oxygen atoms in total. The molecule has 0 spiro atoms. The molecule has 3 heterocycles. The van der Waals surface area contributed by atoms with E-state index in [1.807, 2.05) is 47.5 Å². The molecule has 0 bridgehead atoms. The van der Waals surface area contributed by atoms with Crippen LogP contribution in [0.25, 0.3) is 11.0 Å². The molecule has 136 valence electrons. The molecular formula is C19H22ClN5S. The molecule has 0 radical (unpaired) electrons. The third-order valence-corrected chi connectivity index (χ3v) is 5.73. The molecule has 1 aliphatic rings. The number of fused-ring (bicyclic) bond motifs is 1. The van der Waals surface area contributed by atoms with E-state index < -0.39 is 0 Å². The minimum atomic E-state index is -0.148. The Hall–Kier alpha value is -1.79. The summed E-state index contributed by atoms with van der Waals surface area (Å²) >= 11 is 8.21. The first-order valence-electron chi connectivity index (χ1n) is 8.98. The number of hydrogen-bond acceptors (Lipinski definition) is 5. The summed E-state index contributed by atoms with van der Waals surface area (Å²) in [6.07, 6.45) is 7.62. The number of alkyl halides is 1. The number of benzene rings is 1. The van der Waals surface area contributed by atoms with Crippen LogP contribution in [0.5, 0.6) is 0 Å². The molecule has 0 amide bonds. The molecule has 3 aromatic rings. The van der Waals surface area contributed by atoms with Crippen LogP contribution in [0.15, 0.2) is 41.7 Å². The first-order valence-corrected chi connectivity index (χ1v) is 10.6. The summed E-state index contributed by atoms with van der Waals surface area (Å²) in [4.78, 5) is 11.9. The third kappa shape index (κ3) is 3.53. The normalized spacial score (nSPS) is 16.2. The highest BCUT2D eigenvalue weighted by molar-refractivity contribution is 7.98. The quantitative estimate of drug-likeness (QED) is 0.366. The molecule has 1 aromatic carbocycles. The van der Waals surface area contributed by atoms with Gasteiger partial charge in [0.05, 0.1) is 23.5 Å². The van der Waals surface area contributed by atoms with Crippen molar-refractivity contribution in [3.8, 4) is 0 Å². The van der Waals surface area contributed by atoms with Crippen molar-refractivity contribution in [1.29, 1.82) is 0 Å². The van der Waals surface area contributed by atoms with Crippen molar-refractivity contribution in [2.75, 3.05) is 24.2 Å². The van der Waals surface area contributed by atoms with Crippen molar-refractivity contribution in [2.24, 2.45) is 0 Å². The Morgan fingerprint density at radius 1 is 1.12 bits per heavy atom. The largest absolute Gasteiger partial charge is 0.356 e. The second kappa shape index (κ2) is 7.84. The molecule has 1 atom stereocenters. The first kappa shape index (κ1) is 17.6. The zero-order valence-corrected chi connectivity index (χ0v) is 16.4. The minimum Gasteiger partial charge on any atom is -0.356 e. The van der Waals surface area contributed by atoms with Gasteiger partial charge in [-0.05, 0) is 31.1 Å². The van der Waals surface area contributed by atoms with Gasteiger partial charge in [-0.1, -0.05) is 42.1 Å². The third-order valence-electron chi connectivity index (χ3n) is 4.79. The van der Waals surface area contributed by atoms with Crippen LogP contribution in [0.4, 0.5) is 5.82 Å². The summed E-state index contributed by atoms with van der Waals surface area (Å²) in [5, 5.41) is 6.24. The average Bonchev–Trinajstić information content (AvgIpc) is 3.11. The number of halogens is 1. The molecule has 7 heteroatoms. The number of thioether (sulfide) groups is 1. The molecule has 1 fully saturated rings. The number of rotatable bonds is 5. The summed E-state index contributed by atoms with van der Waals surface area (Å²) < 4.78 is 1.91. The first-order chi connectivity index (χ1) is 12.8. The molecule has 1 saturated heterocycles. The van der Waals surface area contributed by atoms with E-state index in [-0.39, 0.29) is 5.38 Å². The highest BCUT2D eigenvalue weighted by Gasteiger charge is 2.20. The Bertz CT molecular complexity index is 876. The molecular weight excluding hydrogens is 366 g/mol. The molecule has 0 saturated carbocycles. The lowest BCUT2D eigenvalue weighted by molar-refractivity contribution is 0.572. The Morgan fingerprint density at radius 3 is 2.62 bits per heavy atom. The van der Waals surface area contributed by atoms with E-state index in [9.17, 15) is 0 Å². The van der Waals surface area contributed by atoms with Crippen LogP contribution in [-0.4, -0.2) is 39.1 Å². The molecule has 26 heavy (non-hydrogen) atoms. The maximum atomic E-state index is 6.64. The van der Waals surface area contributed by atoms with Crippen LogP contribution in [0.2, 0.25) is 0 Å². The SMILES string of the molecule is CSc1nc(N2CCCCC2)c2cnn(C[C@H](Cl)c3ccccc3)c2n1. The number of nitrogens with zero attached hydrogens (tertiary/aromatic N) is 5. The Labute approximate surface area is 162 Å². The summed E-state index contributed by atoms with van der Waals surface area (Å²) in [6, 6.07) is 10.1.